The van der Waals surface area contributed by atoms with Gasteiger partial charge >= 0.3 is 0 Å². The van der Waals surface area contributed by atoms with E-state index in [1.54, 1.807) is 35.0 Å². The van der Waals surface area contributed by atoms with Crippen molar-refractivity contribution in [3.8, 4) is 5.75 Å². The monoisotopic (exact) mass is 356 g/mol. The Morgan fingerprint density at radius 2 is 1.88 bits per heavy atom. The number of hydrogen-bond donors (Lipinski definition) is 0. The van der Waals surface area contributed by atoms with Crippen LogP contribution in [-0.2, 0) is 11.3 Å². The molecule has 0 spiro atoms. The quantitative estimate of drug-likeness (QED) is 0.816. The molecule has 0 aliphatic carbocycles. The van der Waals surface area contributed by atoms with E-state index in [4.69, 9.17) is 4.74 Å². The van der Waals surface area contributed by atoms with Gasteiger partial charge in [0.1, 0.15) is 5.75 Å². The van der Waals surface area contributed by atoms with Crippen LogP contribution in [0.5, 0.6) is 5.75 Å². The summed E-state index contributed by atoms with van der Waals surface area (Å²) in [6.45, 7) is 4.77. The molecule has 1 aliphatic heterocycles. The van der Waals surface area contributed by atoms with Gasteiger partial charge in [-0.25, -0.2) is 0 Å². The molecule has 0 radical (unpaired) electrons. The molecule has 0 unspecified atom stereocenters. The molecule has 7 heteroatoms. The number of aromatic nitrogens is 2. The van der Waals surface area contributed by atoms with Gasteiger partial charge in [0.2, 0.25) is 5.91 Å². The van der Waals surface area contributed by atoms with Crippen molar-refractivity contribution in [1.82, 2.24) is 19.6 Å². The normalized spacial score (nSPS) is 14.4. The fourth-order valence-electron chi connectivity index (χ4n) is 3.06. The summed E-state index contributed by atoms with van der Waals surface area (Å²) >= 11 is 0. The van der Waals surface area contributed by atoms with Crippen LogP contribution >= 0.6 is 0 Å². The lowest BCUT2D eigenvalue weighted by atomic mass is 10.1. The summed E-state index contributed by atoms with van der Waals surface area (Å²) in [4.78, 5) is 28.6. The van der Waals surface area contributed by atoms with Crippen LogP contribution in [-0.4, -0.2) is 64.7 Å². The van der Waals surface area contributed by atoms with Crippen LogP contribution in [0.15, 0.2) is 36.7 Å². The molecular formula is C19H24N4O3. The lowest BCUT2D eigenvalue weighted by Gasteiger charge is -2.35. The fraction of sp³-hybridized carbons (Fsp3) is 0.421. The highest BCUT2D eigenvalue weighted by Crippen LogP contribution is 2.16. The Kier molecular flexibility index (Phi) is 5.55. The molecule has 0 atom stereocenters. The van der Waals surface area contributed by atoms with E-state index in [0.29, 0.717) is 50.5 Å². The Morgan fingerprint density at radius 1 is 1.15 bits per heavy atom. The minimum absolute atomic E-state index is 0.0250. The van der Waals surface area contributed by atoms with Gasteiger partial charge in [-0.15, -0.1) is 0 Å². The topological polar surface area (TPSA) is 67.7 Å². The van der Waals surface area contributed by atoms with Crippen molar-refractivity contribution < 1.29 is 14.3 Å². The molecule has 1 fully saturated rings. The zero-order valence-electron chi connectivity index (χ0n) is 15.2. The van der Waals surface area contributed by atoms with Crippen molar-refractivity contribution in [2.45, 2.75) is 19.9 Å². The van der Waals surface area contributed by atoms with Gasteiger partial charge in [0.15, 0.2) is 0 Å². The molecule has 2 aromatic rings. The SMILES string of the molecule is COc1cccc(C(=O)N2CCN(C(=O)CCn3cc(C)cn3)CC2)c1. The maximum Gasteiger partial charge on any atom is 0.254 e. The summed E-state index contributed by atoms with van der Waals surface area (Å²) in [5, 5.41) is 4.20. The number of piperazine rings is 1. The van der Waals surface area contributed by atoms with Crippen molar-refractivity contribution in [3.05, 3.63) is 47.8 Å². The number of ether oxygens (including phenoxy) is 1. The van der Waals surface area contributed by atoms with Crippen molar-refractivity contribution in [2.75, 3.05) is 33.3 Å². The second-order valence-corrected chi connectivity index (χ2v) is 6.44. The highest BCUT2D eigenvalue weighted by atomic mass is 16.5. The molecule has 1 aromatic heterocycles. The van der Waals surface area contributed by atoms with Crippen LogP contribution in [0.3, 0.4) is 0 Å². The Labute approximate surface area is 153 Å². The number of nitrogens with zero attached hydrogens (tertiary/aromatic N) is 4. The van der Waals surface area contributed by atoms with Crippen LogP contribution in [0.4, 0.5) is 0 Å². The number of aryl methyl sites for hydroxylation is 2. The largest absolute Gasteiger partial charge is 0.497 e. The van der Waals surface area contributed by atoms with Crippen LogP contribution in [0.1, 0.15) is 22.3 Å². The zero-order chi connectivity index (χ0) is 18.5. The second kappa shape index (κ2) is 8.03. The van der Waals surface area contributed by atoms with Crippen molar-refractivity contribution in [1.29, 1.82) is 0 Å². The molecule has 0 N–H and O–H groups in total. The molecule has 7 nitrogen and oxygen atoms in total. The number of carbonyl (C=O) groups excluding carboxylic acids is 2. The predicted molar refractivity (Wildman–Crippen MR) is 97.1 cm³/mol. The van der Waals surface area contributed by atoms with Gasteiger partial charge in [-0.3, -0.25) is 14.3 Å². The van der Waals surface area contributed by atoms with Gasteiger partial charge in [0.05, 0.1) is 13.3 Å². The summed E-state index contributed by atoms with van der Waals surface area (Å²) in [5.74, 6) is 0.744. The highest BCUT2D eigenvalue weighted by molar-refractivity contribution is 5.94. The first kappa shape index (κ1) is 18.0. The lowest BCUT2D eigenvalue weighted by Crippen LogP contribution is -2.50. The maximum atomic E-state index is 12.6. The van der Waals surface area contributed by atoms with Crippen LogP contribution in [0.2, 0.25) is 0 Å². The first-order chi connectivity index (χ1) is 12.6. The van der Waals surface area contributed by atoms with Crippen molar-refractivity contribution >= 4 is 11.8 Å². The molecular weight excluding hydrogens is 332 g/mol. The van der Waals surface area contributed by atoms with E-state index in [0.717, 1.165) is 5.56 Å². The number of benzene rings is 1. The third kappa shape index (κ3) is 4.22. The fourth-order valence-corrected chi connectivity index (χ4v) is 3.06. The molecule has 138 valence electrons. The Morgan fingerprint density at radius 3 is 2.54 bits per heavy atom. The summed E-state index contributed by atoms with van der Waals surface area (Å²) in [7, 11) is 1.58. The van der Waals surface area contributed by atoms with Crippen LogP contribution in [0, 0.1) is 6.92 Å². The first-order valence-electron chi connectivity index (χ1n) is 8.77. The second-order valence-electron chi connectivity index (χ2n) is 6.44. The summed E-state index contributed by atoms with van der Waals surface area (Å²) in [6, 6.07) is 7.15. The van der Waals surface area contributed by atoms with Gasteiger partial charge in [-0.05, 0) is 30.7 Å². The lowest BCUT2D eigenvalue weighted by molar-refractivity contribution is -0.132. The van der Waals surface area contributed by atoms with Gasteiger partial charge in [-0.1, -0.05) is 6.07 Å². The number of methoxy groups -OCH3 is 1. The smallest absolute Gasteiger partial charge is 0.254 e. The van der Waals surface area contributed by atoms with Crippen molar-refractivity contribution in [2.24, 2.45) is 0 Å². The number of amides is 2. The molecule has 1 aliphatic rings. The van der Waals surface area contributed by atoms with Gasteiger partial charge in [0, 0.05) is 50.9 Å². The number of rotatable bonds is 5. The van der Waals surface area contributed by atoms with E-state index in [2.05, 4.69) is 5.10 Å². The molecule has 26 heavy (non-hydrogen) atoms. The maximum absolute atomic E-state index is 12.6. The van der Waals surface area contributed by atoms with Gasteiger partial charge < -0.3 is 14.5 Å². The molecule has 1 saturated heterocycles. The molecule has 0 bridgehead atoms. The van der Waals surface area contributed by atoms with E-state index in [-0.39, 0.29) is 11.8 Å². The zero-order valence-corrected chi connectivity index (χ0v) is 15.2. The highest BCUT2D eigenvalue weighted by Gasteiger charge is 2.24. The summed E-state index contributed by atoms with van der Waals surface area (Å²) in [5.41, 5.74) is 1.69. The predicted octanol–water partition coefficient (Wildman–Crippen LogP) is 1.57. The van der Waals surface area contributed by atoms with E-state index < -0.39 is 0 Å². The van der Waals surface area contributed by atoms with E-state index >= 15 is 0 Å². The van der Waals surface area contributed by atoms with E-state index in [1.165, 1.54) is 0 Å². The Bertz CT molecular complexity index is 779. The molecule has 0 saturated carbocycles. The number of hydrogen-bond acceptors (Lipinski definition) is 4. The average molecular weight is 356 g/mol. The molecule has 3 rings (SSSR count). The van der Waals surface area contributed by atoms with E-state index in [9.17, 15) is 9.59 Å². The standard InChI is InChI=1S/C19H24N4O3/c1-15-13-20-23(14-15)7-6-18(24)21-8-10-22(11-9-21)19(25)16-4-3-5-17(12-16)26-2/h3-5,12-14H,6-11H2,1-2H3. The Balaban J connectivity index is 1.50. The third-order valence-corrected chi connectivity index (χ3v) is 4.55. The molecule has 1 aromatic carbocycles. The molecule has 2 amide bonds. The van der Waals surface area contributed by atoms with Gasteiger partial charge in [-0.2, -0.15) is 5.10 Å². The minimum Gasteiger partial charge on any atom is -0.497 e. The van der Waals surface area contributed by atoms with Crippen molar-refractivity contribution in [3.63, 3.8) is 0 Å². The average Bonchev–Trinajstić information content (AvgIpc) is 3.11. The number of carbonyl (C=O) groups is 2. The first-order valence-corrected chi connectivity index (χ1v) is 8.77. The third-order valence-electron chi connectivity index (χ3n) is 4.55. The summed E-state index contributed by atoms with van der Waals surface area (Å²) < 4.78 is 6.96. The van der Waals surface area contributed by atoms with Crippen LogP contribution < -0.4 is 4.74 Å². The summed E-state index contributed by atoms with van der Waals surface area (Å²) in [6.07, 6.45) is 4.14. The Hall–Kier alpha value is -2.83. The van der Waals surface area contributed by atoms with Gasteiger partial charge in [0.25, 0.3) is 5.91 Å². The van der Waals surface area contributed by atoms with E-state index in [1.807, 2.05) is 30.2 Å². The van der Waals surface area contributed by atoms with Crippen LogP contribution in [0.25, 0.3) is 0 Å². The minimum atomic E-state index is -0.0250. The molecule has 2 heterocycles.